The van der Waals surface area contributed by atoms with E-state index in [1.165, 1.54) is 0 Å². The molecule has 1 fully saturated rings. The van der Waals surface area contributed by atoms with E-state index in [1.807, 2.05) is 0 Å². The first-order valence-corrected chi connectivity index (χ1v) is 8.15. The van der Waals surface area contributed by atoms with E-state index in [1.54, 1.807) is 37.1 Å². The third kappa shape index (κ3) is 3.80. The number of nitrogens with zero attached hydrogens (tertiary/aromatic N) is 1. The van der Waals surface area contributed by atoms with Crippen LogP contribution in [0.3, 0.4) is 0 Å². The minimum absolute atomic E-state index is 0.0225. The van der Waals surface area contributed by atoms with Crippen LogP contribution in [0.4, 0.5) is 0 Å². The number of ether oxygens (including phenoxy) is 2. The smallest absolute Gasteiger partial charge is 0.309 e. The molecule has 1 aliphatic heterocycles. The van der Waals surface area contributed by atoms with Gasteiger partial charge in [-0.2, -0.15) is 0 Å². The number of esters is 1. The number of rotatable bonds is 4. The summed E-state index contributed by atoms with van der Waals surface area (Å²) in [4.78, 5) is 26.0. The molecule has 5 nitrogen and oxygen atoms in total. The molecule has 0 saturated carbocycles. The lowest BCUT2D eigenvalue weighted by atomic mass is 9.96. The first-order valence-electron chi connectivity index (χ1n) is 7.36. The molecule has 1 aliphatic rings. The maximum absolute atomic E-state index is 12.5. The number of carbonyl (C=O) groups is 2. The van der Waals surface area contributed by atoms with Crippen LogP contribution < -0.4 is 4.74 Å². The van der Waals surface area contributed by atoms with Crippen molar-refractivity contribution in [2.45, 2.75) is 19.8 Å². The Morgan fingerprint density at radius 1 is 1.32 bits per heavy atom. The Balaban J connectivity index is 1.98. The van der Waals surface area contributed by atoms with Crippen LogP contribution in [0, 0.1) is 5.92 Å². The second kappa shape index (κ2) is 7.63. The van der Waals surface area contributed by atoms with Crippen molar-refractivity contribution in [2.24, 2.45) is 5.92 Å². The summed E-state index contributed by atoms with van der Waals surface area (Å²) < 4.78 is 11.0. The minimum Gasteiger partial charge on any atom is -0.496 e. The van der Waals surface area contributed by atoms with Crippen LogP contribution >= 0.6 is 15.9 Å². The van der Waals surface area contributed by atoms with Gasteiger partial charge in [0, 0.05) is 18.7 Å². The number of halogens is 1. The van der Waals surface area contributed by atoms with Gasteiger partial charge in [-0.1, -0.05) is 0 Å². The number of carbonyl (C=O) groups excluding carboxylic acids is 2. The number of hydrogen-bond donors (Lipinski definition) is 0. The highest BCUT2D eigenvalue weighted by atomic mass is 79.9. The molecule has 1 heterocycles. The summed E-state index contributed by atoms with van der Waals surface area (Å²) in [5.74, 6) is 0.427. The Kier molecular flexibility index (Phi) is 5.83. The Bertz CT molecular complexity index is 553. The molecule has 0 atom stereocenters. The molecule has 0 aromatic heterocycles. The van der Waals surface area contributed by atoms with Crippen molar-refractivity contribution < 1.29 is 19.1 Å². The van der Waals surface area contributed by atoms with Gasteiger partial charge in [-0.05, 0) is 53.9 Å². The van der Waals surface area contributed by atoms with Gasteiger partial charge in [0.05, 0.1) is 24.1 Å². The molecule has 0 aliphatic carbocycles. The highest BCUT2D eigenvalue weighted by Crippen LogP contribution is 2.27. The first-order chi connectivity index (χ1) is 10.6. The summed E-state index contributed by atoms with van der Waals surface area (Å²) in [6.07, 6.45) is 1.31. The molecule has 0 spiro atoms. The molecule has 6 heteroatoms. The summed E-state index contributed by atoms with van der Waals surface area (Å²) in [6.45, 7) is 3.36. The van der Waals surface area contributed by atoms with Gasteiger partial charge in [0.25, 0.3) is 5.91 Å². The fourth-order valence-corrected chi connectivity index (χ4v) is 3.10. The average Bonchev–Trinajstić information content (AvgIpc) is 2.54. The van der Waals surface area contributed by atoms with E-state index in [0.29, 0.717) is 43.9 Å². The average molecular weight is 370 g/mol. The lowest BCUT2D eigenvalue weighted by molar-refractivity contribution is -0.149. The van der Waals surface area contributed by atoms with Crippen LogP contribution in [0.1, 0.15) is 30.1 Å². The lowest BCUT2D eigenvalue weighted by Crippen LogP contribution is -2.40. The van der Waals surface area contributed by atoms with Crippen LogP contribution in [-0.4, -0.2) is 43.6 Å². The van der Waals surface area contributed by atoms with Gasteiger partial charge in [0.2, 0.25) is 0 Å². The molecule has 0 bridgehead atoms. The fourth-order valence-electron chi connectivity index (χ4n) is 2.56. The summed E-state index contributed by atoms with van der Waals surface area (Å²) >= 11 is 3.39. The van der Waals surface area contributed by atoms with E-state index < -0.39 is 0 Å². The van der Waals surface area contributed by atoms with Crippen LogP contribution in [0.5, 0.6) is 5.75 Å². The van der Waals surface area contributed by atoms with Crippen LogP contribution in [0.15, 0.2) is 22.7 Å². The Hall–Kier alpha value is -1.56. The predicted molar refractivity (Wildman–Crippen MR) is 86.0 cm³/mol. The van der Waals surface area contributed by atoms with Gasteiger partial charge in [-0.15, -0.1) is 0 Å². The zero-order chi connectivity index (χ0) is 16.1. The number of amides is 1. The van der Waals surface area contributed by atoms with Crippen molar-refractivity contribution in [3.05, 3.63) is 28.2 Å². The maximum atomic E-state index is 12.5. The molecule has 1 saturated heterocycles. The zero-order valence-electron chi connectivity index (χ0n) is 12.8. The second-order valence-electron chi connectivity index (χ2n) is 5.17. The van der Waals surface area contributed by atoms with Gasteiger partial charge >= 0.3 is 5.97 Å². The van der Waals surface area contributed by atoms with E-state index in [9.17, 15) is 9.59 Å². The van der Waals surface area contributed by atoms with Crippen LogP contribution in [0.2, 0.25) is 0 Å². The monoisotopic (exact) mass is 369 g/mol. The van der Waals surface area contributed by atoms with E-state index in [-0.39, 0.29) is 17.8 Å². The number of likely N-dealkylation sites (tertiary alicyclic amines) is 1. The largest absolute Gasteiger partial charge is 0.496 e. The van der Waals surface area contributed by atoms with E-state index in [0.717, 1.165) is 4.47 Å². The second-order valence-corrected chi connectivity index (χ2v) is 6.02. The molecule has 120 valence electrons. The number of piperidine rings is 1. The molecule has 1 aromatic rings. The third-order valence-electron chi connectivity index (χ3n) is 3.80. The summed E-state index contributed by atoms with van der Waals surface area (Å²) in [6, 6.07) is 5.28. The van der Waals surface area contributed by atoms with E-state index in [2.05, 4.69) is 15.9 Å². The first kappa shape index (κ1) is 16.8. The van der Waals surface area contributed by atoms with Gasteiger partial charge in [0.15, 0.2) is 0 Å². The quantitative estimate of drug-likeness (QED) is 0.765. The van der Waals surface area contributed by atoms with Crippen molar-refractivity contribution in [1.82, 2.24) is 4.90 Å². The Morgan fingerprint density at radius 2 is 2.00 bits per heavy atom. The topological polar surface area (TPSA) is 55.8 Å². The van der Waals surface area contributed by atoms with Gasteiger partial charge in [-0.25, -0.2) is 0 Å². The van der Waals surface area contributed by atoms with Gasteiger partial charge < -0.3 is 14.4 Å². The molecule has 0 unspecified atom stereocenters. The van der Waals surface area contributed by atoms with Gasteiger partial charge in [-0.3, -0.25) is 9.59 Å². The molecule has 0 N–H and O–H groups in total. The van der Waals surface area contributed by atoms with E-state index >= 15 is 0 Å². The predicted octanol–water partition coefficient (Wildman–Crippen LogP) is 2.87. The highest BCUT2D eigenvalue weighted by molar-refractivity contribution is 9.10. The van der Waals surface area contributed by atoms with Crippen molar-refractivity contribution in [3.8, 4) is 5.75 Å². The van der Waals surface area contributed by atoms with Crippen molar-refractivity contribution >= 4 is 27.8 Å². The third-order valence-corrected chi connectivity index (χ3v) is 4.42. The van der Waals surface area contributed by atoms with Crippen molar-refractivity contribution in [1.29, 1.82) is 0 Å². The fraction of sp³-hybridized carbons (Fsp3) is 0.500. The van der Waals surface area contributed by atoms with Crippen molar-refractivity contribution in [3.63, 3.8) is 0 Å². The van der Waals surface area contributed by atoms with Crippen LogP contribution in [-0.2, 0) is 9.53 Å². The summed E-state index contributed by atoms with van der Waals surface area (Å²) in [5, 5.41) is 0. The van der Waals surface area contributed by atoms with Gasteiger partial charge in [0.1, 0.15) is 5.75 Å². The number of benzene rings is 1. The molecular formula is C16H20BrNO4. The standard InChI is InChI=1S/C16H20BrNO4/c1-3-22-16(20)11-6-8-18(9-7-11)15(19)12-4-5-14(21-2)13(17)10-12/h4-5,10-11H,3,6-9H2,1-2H3. The Labute approximate surface area is 138 Å². The maximum Gasteiger partial charge on any atom is 0.309 e. The normalized spacial score (nSPS) is 15.5. The van der Waals surface area contributed by atoms with E-state index in [4.69, 9.17) is 9.47 Å². The zero-order valence-corrected chi connectivity index (χ0v) is 14.4. The molecule has 1 amide bonds. The summed E-state index contributed by atoms with van der Waals surface area (Å²) in [7, 11) is 1.59. The molecule has 22 heavy (non-hydrogen) atoms. The SMILES string of the molecule is CCOC(=O)C1CCN(C(=O)c2ccc(OC)c(Br)c2)CC1. The number of methoxy groups -OCH3 is 1. The molecular weight excluding hydrogens is 350 g/mol. The lowest BCUT2D eigenvalue weighted by Gasteiger charge is -2.31. The van der Waals surface area contributed by atoms with Crippen molar-refractivity contribution in [2.75, 3.05) is 26.8 Å². The highest BCUT2D eigenvalue weighted by Gasteiger charge is 2.28. The molecule has 1 aromatic carbocycles. The molecule has 2 rings (SSSR count). The minimum atomic E-state index is -0.151. The summed E-state index contributed by atoms with van der Waals surface area (Å²) in [5.41, 5.74) is 0.613. The van der Waals surface area contributed by atoms with Crippen LogP contribution in [0.25, 0.3) is 0 Å². The number of hydrogen-bond acceptors (Lipinski definition) is 4. The Morgan fingerprint density at radius 3 is 2.55 bits per heavy atom. The molecule has 0 radical (unpaired) electrons.